The van der Waals surface area contributed by atoms with Crippen LogP contribution in [0, 0.1) is 13.7 Å². The van der Waals surface area contributed by atoms with E-state index in [4.69, 9.17) is 33.0 Å². The van der Waals surface area contributed by atoms with Gasteiger partial charge in [-0.05, 0) is 59.0 Å². The number of nitro benzene ring substituents is 1. The second kappa shape index (κ2) is 8.82. The first-order valence-electron chi connectivity index (χ1n) is 5.91. The average Bonchev–Trinajstić information content (AvgIpc) is 2.46. The molecule has 0 aliphatic carbocycles. The highest BCUT2D eigenvalue weighted by atomic mass is 127. The van der Waals surface area contributed by atoms with Crippen LogP contribution in [0.5, 0.6) is 0 Å². The summed E-state index contributed by atoms with van der Waals surface area (Å²) in [5, 5.41) is 10.2. The van der Waals surface area contributed by atoms with E-state index >= 15 is 0 Å². The molecule has 0 amide bonds. The van der Waals surface area contributed by atoms with Gasteiger partial charge in [-0.25, -0.2) is 16.8 Å². The van der Waals surface area contributed by atoms with E-state index in [1.165, 1.54) is 12.1 Å². The molecule has 0 fully saturated rings. The molecule has 0 atom stereocenters. The molecule has 0 bridgehead atoms. The highest BCUT2D eigenvalue weighted by Crippen LogP contribution is 2.28. The Morgan fingerprint density at radius 1 is 0.880 bits per heavy atom. The summed E-state index contributed by atoms with van der Waals surface area (Å²) in [4.78, 5) is 9.39. The van der Waals surface area contributed by atoms with Crippen LogP contribution in [0.2, 0.25) is 5.02 Å². The van der Waals surface area contributed by atoms with Crippen LogP contribution in [0.3, 0.4) is 0 Å². The normalized spacial score (nSPS) is 11.4. The van der Waals surface area contributed by atoms with Gasteiger partial charge < -0.3 is 0 Å². The van der Waals surface area contributed by atoms with Crippen molar-refractivity contribution in [2.75, 3.05) is 0 Å². The summed E-state index contributed by atoms with van der Waals surface area (Å²) < 4.78 is 44.0. The van der Waals surface area contributed by atoms with Gasteiger partial charge in [0.15, 0.2) is 0 Å². The fourth-order valence-electron chi connectivity index (χ4n) is 1.38. The first-order valence-corrected chi connectivity index (χ1v) is 12.0. The van der Waals surface area contributed by atoms with Crippen LogP contribution in [0.1, 0.15) is 0 Å². The summed E-state index contributed by atoms with van der Waals surface area (Å²) in [6.45, 7) is 0. The molecular formula is C12H7Cl3INO6S2. The van der Waals surface area contributed by atoms with E-state index in [0.29, 0.717) is 0 Å². The maximum Gasteiger partial charge on any atom is 0.289 e. The van der Waals surface area contributed by atoms with E-state index in [2.05, 4.69) is 22.6 Å². The van der Waals surface area contributed by atoms with Crippen molar-refractivity contribution >= 4 is 79.3 Å². The van der Waals surface area contributed by atoms with Crippen LogP contribution in [0.15, 0.2) is 52.3 Å². The minimum Gasteiger partial charge on any atom is -0.258 e. The van der Waals surface area contributed by atoms with Crippen molar-refractivity contribution in [3.8, 4) is 0 Å². The molecule has 0 aliphatic rings. The topological polar surface area (TPSA) is 111 Å². The molecular weight excluding hydrogens is 552 g/mol. The molecule has 25 heavy (non-hydrogen) atoms. The van der Waals surface area contributed by atoms with E-state index in [-0.39, 0.29) is 14.8 Å². The van der Waals surface area contributed by atoms with Gasteiger partial charge in [-0.3, -0.25) is 10.1 Å². The number of hydrogen-bond donors (Lipinski definition) is 0. The lowest BCUT2D eigenvalue weighted by Gasteiger charge is -1.97. The Kier molecular flexibility index (Phi) is 7.90. The van der Waals surface area contributed by atoms with Gasteiger partial charge in [0, 0.05) is 31.0 Å². The maximum atomic E-state index is 10.8. The van der Waals surface area contributed by atoms with Gasteiger partial charge in [0.25, 0.3) is 23.8 Å². The number of halogens is 4. The SMILES string of the molecule is O=S(=O)(Cl)c1ccc(I)cc1.O=[N+]([O-])c1cc(S(=O)(=O)Cl)ccc1Cl. The molecule has 0 saturated heterocycles. The summed E-state index contributed by atoms with van der Waals surface area (Å²) in [7, 11) is 2.56. The zero-order valence-electron chi connectivity index (χ0n) is 11.8. The number of nitrogens with zero attached hydrogens (tertiary/aromatic N) is 1. The minimum absolute atomic E-state index is 0.139. The second-order valence-corrected chi connectivity index (χ2v) is 11.0. The standard InChI is InChI=1S/C6H3Cl2NO4S.C6H4ClIO2S/c7-5-2-1-4(14(8,12)13)3-6(5)9(10)11;7-11(9,10)6-3-1-5(8)2-4-6/h1-3H;1-4H. The monoisotopic (exact) mass is 557 g/mol. The predicted octanol–water partition coefficient (Wildman–Crippen LogP) is 4.39. The molecule has 0 aliphatic heterocycles. The number of hydrogen-bond acceptors (Lipinski definition) is 6. The molecule has 2 aromatic carbocycles. The van der Waals surface area contributed by atoms with Crippen molar-refractivity contribution in [2.45, 2.75) is 9.79 Å². The van der Waals surface area contributed by atoms with Crippen LogP contribution in [0.25, 0.3) is 0 Å². The van der Waals surface area contributed by atoms with E-state index in [1.807, 2.05) is 0 Å². The minimum atomic E-state index is -3.97. The Hall–Kier alpha value is -0.660. The number of nitro groups is 1. The second-order valence-electron chi connectivity index (χ2n) is 4.20. The molecule has 7 nitrogen and oxygen atoms in total. The highest BCUT2D eigenvalue weighted by Gasteiger charge is 2.18. The molecule has 2 rings (SSSR count). The number of rotatable bonds is 3. The molecule has 0 spiro atoms. The average molecular weight is 559 g/mol. The molecule has 0 radical (unpaired) electrons. The third kappa shape index (κ3) is 7.23. The van der Waals surface area contributed by atoms with Crippen molar-refractivity contribution in [3.05, 3.63) is 61.2 Å². The van der Waals surface area contributed by atoms with E-state index in [9.17, 15) is 26.9 Å². The van der Waals surface area contributed by atoms with Crippen molar-refractivity contribution in [1.82, 2.24) is 0 Å². The quantitative estimate of drug-likeness (QED) is 0.239. The van der Waals surface area contributed by atoms with Crippen molar-refractivity contribution < 1.29 is 21.8 Å². The Labute approximate surface area is 171 Å². The number of benzene rings is 2. The van der Waals surface area contributed by atoms with Gasteiger partial charge in [-0.1, -0.05) is 11.6 Å². The Balaban J connectivity index is 0.000000257. The molecule has 136 valence electrons. The van der Waals surface area contributed by atoms with Crippen LogP contribution in [-0.4, -0.2) is 21.8 Å². The van der Waals surface area contributed by atoms with Crippen LogP contribution in [0.4, 0.5) is 5.69 Å². The first kappa shape index (κ1) is 22.4. The van der Waals surface area contributed by atoms with E-state index < -0.39 is 28.7 Å². The van der Waals surface area contributed by atoms with Gasteiger partial charge in [-0.2, -0.15) is 0 Å². The zero-order chi connectivity index (χ0) is 19.4. The third-order valence-corrected chi connectivity index (χ3v) is 6.25. The molecule has 0 heterocycles. The lowest BCUT2D eigenvalue weighted by atomic mass is 10.3. The molecule has 0 N–H and O–H groups in total. The molecule has 2 aromatic rings. The van der Waals surface area contributed by atoms with Gasteiger partial charge in [0.2, 0.25) is 0 Å². The van der Waals surface area contributed by atoms with Crippen molar-refractivity contribution in [1.29, 1.82) is 0 Å². The third-order valence-electron chi connectivity index (χ3n) is 2.49. The fraction of sp³-hybridized carbons (Fsp3) is 0. The van der Waals surface area contributed by atoms with Gasteiger partial charge in [0.1, 0.15) is 5.02 Å². The van der Waals surface area contributed by atoms with Crippen LogP contribution >= 0.6 is 55.6 Å². The Bertz CT molecular complexity index is 994. The first-order chi connectivity index (χ1) is 11.3. The summed E-state index contributed by atoms with van der Waals surface area (Å²) in [5.74, 6) is 0. The molecule has 13 heteroatoms. The fourth-order valence-corrected chi connectivity index (χ4v) is 3.47. The van der Waals surface area contributed by atoms with Gasteiger partial charge in [-0.15, -0.1) is 0 Å². The Morgan fingerprint density at radius 3 is 1.72 bits per heavy atom. The summed E-state index contributed by atoms with van der Waals surface area (Å²) in [5.41, 5.74) is -0.492. The van der Waals surface area contributed by atoms with Crippen LogP contribution < -0.4 is 0 Å². The molecule has 0 aromatic heterocycles. The van der Waals surface area contributed by atoms with E-state index in [0.717, 1.165) is 21.8 Å². The molecule has 0 unspecified atom stereocenters. The zero-order valence-corrected chi connectivity index (χ0v) is 17.8. The summed E-state index contributed by atoms with van der Waals surface area (Å²) in [6.07, 6.45) is 0. The Morgan fingerprint density at radius 2 is 1.32 bits per heavy atom. The smallest absolute Gasteiger partial charge is 0.258 e. The van der Waals surface area contributed by atoms with Crippen molar-refractivity contribution in [3.63, 3.8) is 0 Å². The lowest BCUT2D eigenvalue weighted by molar-refractivity contribution is -0.384. The maximum absolute atomic E-state index is 10.8. The lowest BCUT2D eigenvalue weighted by Crippen LogP contribution is -1.94. The largest absolute Gasteiger partial charge is 0.289 e. The van der Waals surface area contributed by atoms with Gasteiger partial charge in [0.05, 0.1) is 14.7 Å². The van der Waals surface area contributed by atoms with Crippen LogP contribution in [-0.2, 0) is 18.1 Å². The summed E-state index contributed by atoms with van der Waals surface area (Å²) in [6, 6.07) is 9.34. The predicted molar refractivity (Wildman–Crippen MR) is 103 cm³/mol. The van der Waals surface area contributed by atoms with Crippen molar-refractivity contribution in [2.24, 2.45) is 0 Å². The summed E-state index contributed by atoms with van der Waals surface area (Å²) >= 11 is 7.55. The van der Waals surface area contributed by atoms with E-state index in [1.54, 1.807) is 12.1 Å². The highest BCUT2D eigenvalue weighted by molar-refractivity contribution is 14.1. The van der Waals surface area contributed by atoms with Gasteiger partial charge >= 0.3 is 0 Å². The molecule has 0 saturated carbocycles.